The Balaban J connectivity index is 1.69. The van der Waals surface area contributed by atoms with E-state index in [0.717, 1.165) is 5.56 Å². The van der Waals surface area contributed by atoms with Crippen molar-refractivity contribution in [1.82, 2.24) is 10.2 Å². The fraction of sp³-hybridized carbons (Fsp3) is 0.0526. The summed E-state index contributed by atoms with van der Waals surface area (Å²) in [6.45, 7) is 1.96. The Kier molecular flexibility index (Phi) is 4.67. The van der Waals surface area contributed by atoms with Crippen LogP contribution in [0.5, 0.6) is 0 Å². The number of carbonyl (C=O) groups excluding carboxylic acids is 1. The third-order valence-corrected chi connectivity index (χ3v) is 3.53. The van der Waals surface area contributed by atoms with E-state index in [1.54, 1.807) is 42.5 Å². The number of nitriles is 1. The molecule has 1 aromatic heterocycles. The van der Waals surface area contributed by atoms with E-state index in [1.165, 1.54) is 0 Å². The van der Waals surface area contributed by atoms with E-state index in [-0.39, 0.29) is 5.91 Å². The summed E-state index contributed by atoms with van der Waals surface area (Å²) < 4.78 is 0. The number of anilines is 3. The van der Waals surface area contributed by atoms with Gasteiger partial charge in [0, 0.05) is 5.56 Å². The fourth-order valence-corrected chi connectivity index (χ4v) is 2.19. The molecule has 6 nitrogen and oxygen atoms in total. The van der Waals surface area contributed by atoms with E-state index < -0.39 is 0 Å². The second-order valence-electron chi connectivity index (χ2n) is 5.41. The van der Waals surface area contributed by atoms with Crippen LogP contribution in [0.2, 0.25) is 0 Å². The number of aryl methyl sites for hydroxylation is 1. The van der Waals surface area contributed by atoms with Gasteiger partial charge in [-0.25, -0.2) is 0 Å². The quantitative estimate of drug-likeness (QED) is 0.762. The Bertz CT molecular complexity index is 927. The Hall–Kier alpha value is -3.72. The van der Waals surface area contributed by atoms with Crippen LogP contribution in [0.25, 0.3) is 0 Å². The number of rotatable bonds is 4. The minimum Gasteiger partial charge on any atom is -0.338 e. The second kappa shape index (κ2) is 7.23. The maximum atomic E-state index is 12.2. The third-order valence-electron chi connectivity index (χ3n) is 3.53. The van der Waals surface area contributed by atoms with Gasteiger partial charge >= 0.3 is 0 Å². The Labute approximate surface area is 145 Å². The Morgan fingerprint density at radius 1 is 0.960 bits per heavy atom. The first-order chi connectivity index (χ1) is 12.2. The molecule has 0 saturated heterocycles. The van der Waals surface area contributed by atoms with Gasteiger partial charge in [0.05, 0.1) is 11.3 Å². The van der Waals surface area contributed by atoms with Gasteiger partial charge < -0.3 is 10.6 Å². The van der Waals surface area contributed by atoms with Crippen molar-refractivity contribution in [3.05, 3.63) is 77.4 Å². The number of nitrogens with one attached hydrogen (secondary N) is 2. The monoisotopic (exact) mass is 329 g/mol. The molecule has 0 aliphatic carbocycles. The van der Waals surface area contributed by atoms with Crippen molar-refractivity contribution in [3.63, 3.8) is 0 Å². The highest BCUT2D eigenvalue weighted by Gasteiger charge is 2.08. The Morgan fingerprint density at radius 2 is 1.64 bits per heavy atom. The first kappa shape index (κ1) is 16.1. The summed E-state index contributed by atoms with van der Waals surface area (Å²) in [5, 5.41) is 22.8. The van der Waals surface area contributed by atoms with Crippen molar-refractivity contribution in [1.29, 1.82) is 5.26 Å². The largest absolute Gasteiger partial charge is 0.338 e. The minimum atomic E-state index is -0.246. The molecule has 122 valence electrons. The van der Waals surface area contributed by atoms with Gasteiger partial charge in [0.2, 0.25) is 0 Å². The predicted octanol–water partition coefficient (Wildman–Crippen LogP) is 3.65. The van der Waals surface area contributed by atoms with Gasteiger partial charge in [0.25, 0.3) is 5.91 Å². The van der Waals surface area contributed by atoms with Crippen molar-refractivity contribution in [2.45, 2.75) is 6.92 Å². The number of para-hydroxylation sites is 1. The van der Waals surface area contributed by atoms with Gasteiger partial charge in [-0.2, -0.15) is 5.26 Å². The van der Waals surface area contributed by atoms with E-state index in [2.05, 4.69) is 26.9 Å². The molecule has 3 rings (SSSR count). The van der Waals surface area contributed by atoms with Gasteiger partial charge in [0.1, 0.15) is 6.07 Å². The summed E-state index contributed by atoms with van der Waals surface area (Å²) in [6.07, 6.45) is 0. The number of nitrogens with zero attached hydrogens (tertiary/aromatic N) is 3. The summed E-state index contributed by atoms with van der Waals surface area (Å²) in [4.78, 5) is 12.2. The number of hydrogen-bond donors (Lipinski definition) is 2. The average molecular weight is 329 g/mol. The minimum absolute atomic E-state index is 0.246. The first-order valence-corrected chi connectivity index (χ1v) is 7.63. The van der Waals surface area contributed by atoms with Gasteiger partial charge in [0.15, 0.2) is 11.6 Å². The van der Waals surface area contributed by atoms with Crippen molar-refractivity contribution in [3.8, 4) is 6.07 Å². The van der Waals surface area contributed by atoms with Gasteiger partial charge in [-0.15, -0.1) is 10.2 Å². The average Bonchev–Trinajstić information content (AvgIpc) is 2.64. The van der Waals surface area contributed by atoms with Crippen LogP contribution in [-0.4, -0.2) is 16.1 Å². The van der Waals surface area contributed by atoms with Crippen molar-refractivity contribution < 1.29 is 4.79 Å². The standard InChI is InChI=1S/C19H15N5O/c1-13-6-8-14(9-7-13)19(25)22-18-11-10-17(23-24-18)21-16-5-3-2-4-15(16)12-20/h2-11H,1H3,(H,21,23)(H,22,24,25). The zero-order valence-corrected chi connectivity index (χ0v) is 13.5. The molecule has 1 heterocycles. The predicted molar refractivity (Wildman–Crippen MR) is 95.6 cm³/mol. The lowest BCUT2D eigenvalue weighted by Crippen LogP contribution is -2.13. The molecule has 0 aliphatic heterocycles. The molecule has 1 amide bonds. The Morgan fingerprint density at radius 3 is 2.32 bits per heavy atom. The van der Waals surface area contributed by atoms with Crippen LogP contribution in [0, 0.1) is 18.3 Å². The lowest BCUT2D eigenvalue weighted by Gasteiger charge is -2.08. The highest BCUT2D eigenvalue weighted by molar-refractivity contribution is 6.03. The van der Waals surface area contributed by atoms with E-state index in [9.17, 15) is 4.79 Å². The molecule has 0 saturated carbocycles. The molecular weight excluding hydrogens is 314 g/mol. The molecule has 0 spiro atoms. The molecule has 0 fully saturated rings. The van der Waals surface area contributed by atoms with E-state index in [4.69, 9.17) is 5.26 Å². The molecule has 0 aliphatic rings. The number of aromatic nitrogens is 2. The maximum absolute atomic E-state index is 12.2. The molecule has 25 heavy (non-hydrogen) atoms. The van der Waals surface area contributed by atoms with Crippen LogP contribution in [-0.2, 0) is 0 Å². The highest BCUT2D eigenvalue weighted by Crippen LogP contribution is 2.19. The third kappa shape index (κ3) is 3.98. The zero-order valence-electron chi connectivity index (χ0n) is 13.5. The van der Waals surface area contributed by atoms with Crippen molar-refractivity contribution in [2.75, 3.05) is 10.6 Å². The number of amides is 1. The first-order valence-electron chi connectivity index (χ1n) is 7.63. The highest BCUT2D eigenvalue weighted by atomic mass is 16.1. The van der Waals surface area contributed by atoms with E-state index in [1.807, 2.05) is 25.1 Å². The molecule has 2 aromatic carbocycles. The van der Waals surface area contributed by atoms with E-state index >= 15 is 0 Å². The topological polar surface area (TPSA) is 90.7 Å². The van der Waals surface area contributed by atoms with Crippen LogP contribution < -0.4 is 10.6 Å². The summed E-state index contributed by atoms with van der Waals surface area (Å²) >= 11 is 0. The summed E-state index contributed by atoms with van der Waals surface area (Å²) in [6, 6.07) is 19.8. The summed E-state index contributed by atoms with van der Waals surface area (Å²) in [7, 11) is 0. The molecular formula is C19H15N5O. The maximum Gasteiger partial charge on any atom is 0.256 e. The molecule has 3 aromatic rings. The van der Waals surface area contributed by atoms with Gasteiger partial charge in [-0.05, 0) is 43.3 Å². The summed E-state index contributed by atoms with van der Waals surface area (Å²) in [5.41, 5.74) is 2.80. The molecule has 0 bridgehead atoms. The van der Waals surface area contributed by atoms with E-state index in [0.29, 0.717) is 28.5 Å². The van der Waals surface area contributed by atoms with Crippen LogP contribution in [0.3, 0.4) is 0 Å². The molecule has 0 atom stereocenters. The smallest absolute Gasteiger partial charge is 0.256 e. The molecule has 2 N–H and O–H groups in total. The second-order valence-corrected chi connectivity index (χ2v) is 5.41. The fourth-order valence-electron chi connectivity index (χ4n) is 2.19. The van der Waals surface area contributed by atoms with Crippen LogP contribution in [0.4, 0.5) is 17.3 Å². The molecule has 0 radical (unpaired) electrons. The summed E-state index contributed by atoms with van der Waals surface area (Å²) in [5.74, 6) is 0.588. The van der Waals surface area contributed by atoms with Crippen LogP contribution in [0.15, 0.2) is 60.7 Å². The lowest BCUT2D eigenvalue weighted by molar-refractivity contribution is 0.102. The number of carbonyl (C=O) groups is 1. The van der Waals surface area contributed by atoms with Crippen molar-refractivity contribution >= 4 is 23.2 Å². The van der Waals surface area contributed by atoms with Crippen LogP contribution >= 0.6 is 0 Å². The SMILES string of the molecule is Cc1ccc(C(=O)Nc2ccc(Nc3ccccc3C#N)nn2)cc1. The normalized spacial score (nSPS) is 9.92. The molecule has 0 unspecified atom stereocenters. The number of benzene rings is 2. The zero-order chi connectivity index (χ0) is 17.6. The van der Waals surface area contributed by atoms with Gasteiger partial charge in [-0.1, -0.05) is 29.8 Å². The molecule has 6 heteroatoms. The van der Waals surface area contributed by atoms with Crippen molar-refractivity contribution in [2.24, 2.45) is 0 Å². The van der Waals surface area contributed by atoms with Gasteiger partial charge in [-0.3, -0.25) is 4.79 Å². The number of hydrogen-bond acceptors (Lipinski definition) is 5. The lowest BCUT2D eigenvalue weighted by atomic mass is 10.1. The van der Waals surface area contributed by atoms with Crippen LogP contribution in [0.1, 0.15) is 21.5 Å².